The van der Waals surface area contributed by atoms with E-state index in [0.29, 0.717) is 6.54 Å². The molecule has 0 saturated heterocycles. The van der Waals surface area contributed by atoms with Crippen LogP contribution < -0.4 is 10.6 Å². The maximum Gasteiger partial charge on any atom is 0.237 e. The molecule has 0 aliphatic rings. The Labute approximate surface area is 103 Å². The monoisotopic (exact) mass is 238 g/mol. The maximum absolute atomic E-state index is 11.9. The Balaban J connectivity index is 2.37. The second-order valence-electron chi connectivity index (χ2n) is 4.96. The zero-order valence-electron chi connectivity index (χ0n) is 11.0. The number of furan rings is 1. The van der Waals surface area contributed by atoms with Crippen LogP contribution in [0.5, 0.6) is 0 Å². The molecule has 0 aliphatic carbocycles. The van der Waals surface area contributed by atoms with Crippen molar-refractivity contribution < 1.29 is 9.21 Å². The number of rotatable bonds is 6. The normalized spacial score (nSPS) is 13.4. The molecule has 17 heavy (non-hydrogen) atoms. The molecule has 4 heteroatoms. The van der Waals surface area contributed by atoms with E-state index in [-0.39, 0.29) is 17.5 Å². The molecule has 1 atom stereocenters. The highest BCUT2D eigenvalue weighted by molar-refractivity contribution is 5.81. The van der Waals surface area contributed by atoms with Crippen LogP contribution in [-0.2, 0) is 11.3 Å². The Hall–Kier alpha value is -1.29. The van der Waals surface area contributed by atoms with E-state index in [2.05, 4.69) is 17.6 Å². The molecular weight excluding hydrogens is 216 g/mol. The fourth-order valence-corrected chi connectivity index (χ4v) is 1.29. The van der Waals surface area contributed by atoms with Crippen molar-refractivity contribution in [1.82, 2.24) is 10.6 Å². The van der Waals surface area contributed by atoms with Crippen LogP contribution in [0.1, 0.15) is 39.7 Å². The van der Waals surface area contributed by atoms with Gasteiger partial charge in [-0.25, -0.2) is 0 Å². The summed E-state index contributed by atoms with van der Waals surface area (Å²) in [6, 6.07) is 1.67. The molecule has 0 radical (unpaired) electrons. The zero-order valence-corrected chi connectivity index (χ0v) is 11.0. The molecule has 2 N–H and O–H groups in total. The molecule has 0 bridgehead atoms. The van der Waals surface area contributed by atoms with Gasteiger partial charge in [0.1, 0.15) is 0 Å². The van der Waals surface area contributed by atoms with E-state index >= 15 is 0 Å². The average molecular weight is 238 g/mol. The number of amides is 1. The van der Waals surface area contributed by atoms with Crippen LogP contribution in [0.15, 0.2) is 23.0 Å². The van der Waals surface area contributed by atoms with Gasteiger partial charge in [-0.3, -0.25) is 4.79 Å². The van der Waals surface area contributed by atoms with Crippen molar-refractivity contribution in [2.75, 3.05) is 0 Å². The number of hydrogen-bond acceptors (Lipinski definition) is 3. The number of carbonyl (C=O) groups excluding carboxylic acids is 1. The van der Waals surface area contributed by atoms with Crippen molar-refractivity contribution in [2.45, 2.75) is 52.2 Å². The van der Waals surface area contributed by atoms with Crippen LogP contribution in [0, 0.1) is 0 Å². The lowest BCUT2D eigenvalue weighted by molar-refractivity contribution is -0.124. The van der Waals surface area contributed by atoms with Gasteiger partial charge in [-0.15, -0.1) is 0 Å². The molecule has 0 saturated carbocycles. The first-order chi connectivity index (χ1) is 7.94. The van der Waals surface area contributed by atoms with Crippen molar-refractivity contribution in [1.29, 1.82) is 0 Å². The highest BCUT2D eigenvalue weighted by Crippen LogP contribution is 2.07. The highest BCUT2D eigenvalue weighted by Gasteiger charge is 2.21. The van der Waals surface area contributed by atoms with Crippen LogP contribution >= 0.6 is 0 Å². The lowest BCUT2D eigenvalue weighted by atomic mass is 10.0. The predicted octanol–water partition coefficient (Wildman–Crippen LogP) is 2.06. The first-order valence-corrected chi connectivity index (χ1v) is 6.01. The van der Waals surface area contributed by atoms with Gasteiger partial charge < -0.3 is 15.1 Å². The van der Waals surface area contributed by atoms with Crippen molar-refractivity contribution in [3.8, 4) is 0 Å². The molecule has 0 fully saturated rings. The van der Waals surface area contributed by atoms with Crippen LogP contribution in [0.4, 0.5) is 0 Å². The largest absolute Gasteiger partial charge is 0.472 e. The summed E-state index contributed by atoms with van der Waals surface area (Å²) in [5.74, 6) is 0.0281. The zero-order chi connectivity index (χ0) is 12.9. The smallest absolute Gasteiger partial charge is 0.237 e. The fourth-order valence-electron chi connectivity index (χ4n) is 1.29. The molecule has 1 aromatic heterocycles. The van der Waals surface area contributed by atoms with E-state index < -0.39 is 0 Å². The van der Waals surface area contributed by atoms with E-state index in [1.165, 1.54) is 0 Å². The summed E-state index contributed by atoms with van der Waals surface area (Å²) >= 11 is 0. The van der Waals surface area contributed by atoms with Crippen molar-refractivity contribution >= 4 is 5.91 Å². The molecule has 1 heterocycles. The van der Waals surface area contributed by atoms with Crippen molar-refractivity contribution in [3.63, 3.8) is 0 Å². The molecule has 1 aromatic rings. The van der Waals surface area contributed by atoms with E-state index in [9.17, 15) is 4.79 Å². The van der Waals surface area contributed by atoms with Crippen LogP contribution in [0.25, 0.3) is 0 Å². The summed E-state index contributed by atoms with van der Waals surface area (Å²) in [5.41, 5.74) is 0.891. The minimum Gasteiger partial charge on any atom is -0.472 e. The second-order valence-corrected chi connectivity index (χ2v) is 4.96. The van der Waals surface area contributed by atoms with Crippen molar-refractivity contribution in [3.05, 3.63) is 24.2 Å². The summed E-state index contributed by atoms with van der Waals surface area (Å²) in [4.78, 5) is 11.9. The van der Waals surface area contributed by atoms with E-state index in [0.717, 1.165) is 12.0 Å². The Kier molecular flexibility index (Phi) is 4.75. The van der Waals surface area contributed by atoms with Gasteiger partial charge in [-0.1, -0.05) is 6.92 Å². The van der Waals surface area contributed by atoms with Gasteiger partial charge in [-0.05, 0) is 33.3 Å². The van der Waals surface area contributed by atoms with Gasteiger partial charge in [-0.2, -0.15) is 0 Å². The van der Waals surface area contributed by atoms with Gasteiger partial charge >= 0.3 is 0 Å². The minimum absolute atomic E-state index is 0.0281. The fraction of sp³-hybridized carbons (Fsp3) is 0.615. The van der Waals surface area contributed by atoms with Gasteiger partial charge in [0.2, 0.25) is 5.91 Å². The summed E-state index contributed by atoms with van der Waals surface area (Å²) in [7, 11) is 0. The van der Waals surface area contributed by atoms with Gasteiger partial charge in [0, 0.05) is 17.6 Å². The second kappa shape index (κ2) is 5.87. The third-order valence-corrected chi connectivity index (χ3v) is 2.93. The summed E-state index contributed by atoms with van der Waals surface area (Å²) < 4.78 is 4.96. The SMILES string of the molecule is CCC(C)(C)NC(=O)C(C)NCc1ccoc1. The molecule has 1 amide bonds. The Bertz CT molecular complexity index is 344. The molecule has 0 aromatic carbocycles. The standard InChI is InChI=1S/C13H22N2O2/c1-5-13(3,4)15-12(16)10(2)14-8-11-6-7-17-9-11/h6-7,9-10,14H,5,8H2,1-4H3,(H,15,16). The first kappa shape index (κ1) is 13.8. The molecular formula is C13H22N2O2. The highest BCUT2D eigenvalue weighted by atomic mass is 16.3. The Morgan fingerprint density at radius 2 is 2.24 bits per heavy atom. The average Bonchev–Trinajstić information content (AvgIpc) is 2.78. The molecule has 1 rings (SSSR count). The third-order valence-electron chi connectivity index (χ3n) is 2.93. The Morgan fingerprint density at radius 1 is 1.53 bits per heavy atom. The number of nitrogens with one attached hydrogen (secondary N) is 2. The maximum atomic E-state index is 11.9. The van der Waals surface area contributed by atoms with Gasteiger partial charge in [0.15, 0.2) is 0 Å². The molecule has 0 spiro atoms. The van der Waals surface area contributed by atoms with E-state index in [1.54, 1.807) is 12.5 Å². The topological polar surface area (TPSA) is 54.3 Å². The van der Waals surface area contributed by atoms with Gasteiger partial charge in [0.05, 0.1) is 18.6 Å². The van der Waals surface area contributed by atoms with Crippen molar-refractivity contribution in [2.24, 2.45) is 0 Å². The van der Waals surface area contributed by atoms with Gasteiger partial charge in [0.25, 0.3) is 0 Å². The quantitative estimate of drug-likeness (QED) is 0.797. The number of hydrogen-bond donors (Lipinski definition) is 2. The molecule has 96 valence electrons. The van der Waals surface area contributed by atoms with Crippen LogP contribution in [0.2, 0.25) is 0 Å². The summed E-state index contributed by atoms with van der Waals surface area (Å²) in [5, 5.41) is 6.17. The minimum atomic E-state index is -0.212. The molecule has 4 nitrogen and oxygen atoms in total. The van der Waals surface area contributed by atoms with E-state index in [1.807, 2.05) is 26.8 Å². The van der Waals surface area contributed by atoms with E-state index in [4.69, 9.17) is 4.42 Å². The van der Waals surface area contributed by atoms with Crippen LogP contribution in [-0.4, -0.2) is 17.5 Å². The predicted molar refractivity (Wildman–Crippen MR) is 67.5 cm³/mol. The lowest BCUT2D eigenvalue weighted by Gasteiger charge is -2.26. The third kappa shape index (κ3) is 4.61. The molecule has 0 aliphatic heterocycles. The Morgan fingerprint density at radius 3 is 2.76 bits per heavy atom. The first-order valence-electron chi connectivity index (χ1n) is 6.01. The lowest BCUT2D eigenvalue weighted by Crippen LogP contribution is -2.50. The number of carbonyl (C=O) groups is 1. The molecule has 1 unspecified atom stereocenters. The summed E-state index contributed by atoms with van der Waals surface area (Å²) in [6.07, 6.45) is 4.21. The summed E-state index contributed by atoms with van der Waals surface area (Å²) in [6.45, 7) is 8.60. The van der Waals surface area contributed by atoms with Crippen LogP contribution in [0.3, 0.4) is 0 Å².